The molecule has 0 spiro atoms. The second-order valence-electron chi connectivity index (χ2n) is 5.70. The third kappa shape index (κ3) is 4.49. The summed E-state index contributed by atoms with van der Waals surface area (Å²) in [5.74, 6) is -0.454. The van der Waals surface area contributed by atoms with Gasteiger partial charge in [-0.2, -0.15) is 4.31 Å². The van der Waals surface area contributed by atoms with Crippen molar-refractivity contribution in [2.24, 2.45) is 0 Å². The highest BCUT2D eigenvalue weighted by molar-refractivity contribution is 7.89. The molecule has 1 fully saturated rings. The van der Waals surface area contributed by atoms with E-state index < -0.39 is 28.1 Å². The average Bonchev–Trinajstić information content (AvgIpc) is 2.61. The van der Waals surface area contributed by atoms with Crippen molar-refractivity contribution in [1.82, 2.24) is 9.62 Å². The molecule has 2 amide bonds. The van der Waals surface area contributed by atoms with Gasteiger partial charge in [0.2, 0.25) is 10.0 Å². The van der Waals surface area contributed by atoms with Crippen LogP contribution in [0.2, 0.25) is 5.02 Å². The van der Waals surface area contributed by atoms with Gasteiger partial charge >= 0.3 is 6.09 Å². The number of piperazine rings is 1. The van der Waals surface area contributed by atoms with Crippen LogP contribution in [0.4, 0.5) is 4.79 Å². The molecule has 0 unspecified atom stereocenters. The van der Waals surface area contributed by atoms with E-state index in [0.717, 1.165) is 4.90 Å². The minimum Gasteiger partial charge on any atom is -0.453 e. The highest BCUT2D eigenvalue weighted by atomic mass is 35.5. The number of methoxy groups -OCH3 is 1. The highest BCUT2D eigenvalue weighted by Gasteiger charge is 2.35. The zero-order valence-corrected chi connectivity index (χ0v) is 15.6. The van der Waals surface area contributed by atoms with Crippen molar-refractivity contribution >= 4 is 33.6 Å². The Bertz CT molecular complexity index is 747. The summed E-state index contributed by atoms with van der Waals surface area (Å²) in [5.41, 5.74) is 0. The van der Waals surface area contributed by atoms with Crippen LogP contribution in [0.3, 0.4) is 0 Å². The molecule has 8 nitrogen and oxygen atoms in total. The van der Waals surface area contributed by atoms with Gasteiger partial charge in [-0.25, -0.2) is 13.2 Å². The summed E-state index contributed by atoms with van der Waals surface area (Å²) in [5, 5.41) is 2.31. The van der Waals surface area contributed by atoms with Crippen LogP contribution in [0.1, 0.15) is 6.92 Å². The van der Waals surface area contributed by atoms with Gasteiger partial charge < -0.3 is 9.64 Å². The van der Waals surface area contributed by atoms with Crippen molar-refractivity contribution in [2.45, 2.75) is 17.9 Å². The van der Waals surface area contributed by atoms with Crippen LogP contribution in [0.5, 0.6) is 0 Å². The Hall–Kier alpha value is -1.68. The predicted octanol–water partition coefficient (Wildman–Crippen LogP) is -0.500. The van der Waals surface area contributed by atoms with Crippen molar-refractivity contribution in [1.29, 1.82) is 0 Å². The number of carbonyl (C=O) groups is 2. The van der Waals surface area contributed by atoms with Crippen LogP contribution in [0.25, 0.3) is 0 Å². The number of imide groups is 1. The molecule has 0 aliphatic carbocycles. The number of halogens is 1. The number of ether oxygens (including phenoxy) is 1. The fourth-order valence-corrected chi connectivity index (χ4v) is 4.62. The monoisotopic (exact) mass is 390 g/mol. The molecule has 0 saturated carbocycles. The van der Waals surface area contributed by atoms with Crippen LogP contribution in [-0.2, 0) is 19.6 Å². The number of quaternary nitrogens is 1. The van der Waals surface area contributed by atoms with E-state index in [-0.39, 0.29) is 23.0 Å². The molecule has 1 aliphatic heterocycles. The number of carbonyl (C=O) groups excluding carboxylic acids is 2. The molecule has 0 aromatic heterocycles. The lowest BCUT2D eigenvalue weighted by Crippen LogP contribution is -3.19. The summed E-state index contributed by atoms with van der Waals surface area (Å²) in [7, 11) is -2.49. The van der Waals surface area contributed by atoms with Gasteiger partial charge in [0.15, 0.2) is 6.04 Å². The number of hydrogen-bond donors (Lipinski definition) is 2. The van der Waals surface area contributed by atoms with Gasteiger partial charge in [-0.05, 0) is 19.1 Å². The second kappa shape index (κ2) is 8.13. The van der Waals surface area contributed by atoms with Crippen molar-refractivity contribution in [3.05, 3.63) is 29.3 Å². The molecule has 1 saturated heterocycles. The average molecular weight is 391 g/mol. The lowest BCUT2D eigenvalue weighted by Gasteiger charge is -2.34. The number of nitrogens with one attached hydrogen (secondary N) is 2. The minimum atomic E-state index is -3.67. The molecular weight excluding hydrogens is 370 g/mol. The van der Waals surface area contributed by atoms with Crippen molar-refractivity contribution in [3.8, 4) is 0 Å². The van der Waals surface area contributed by atoms with E-state index in [1.54, 1.807) is 19.1 Å². The van der Waals surface area contributed by atoms with Gasteiger partial charge in [-0.1, -0.05) is 23.7 Å². The topological polar surface area (TPSA) is 97.2 Å². The van der Waals surface area contributed by atoms with E-state index in [1.165, 1.54) is 23.5 Å². The Morgan fingerprint density at radius 1 is 1.28 bits per heavy atom. The number of benzene rings is 1. The number of sulfonamides is 1. The smallest absolute Gasteiger partial charge is 0.413 e. The number of nitrogens with zero attached hydrogens (tertiary/aromatic N) is 1. The molecule has 1 aliphatic rings. The van der Waals surface area contributed by atoms with Crippen LogP contribution in [0, 0.1) is 0 Å². The second-order valence-corrected chi connectivity index (χ2v) is 8.01. The molecule has 10 heteroatoms. The van der Waals surface area contributed by atoms with Crippen LogP contribution >= 0.6 is 11.6 Å². The third-order valence-electron chi connectivity index (χ3n) is 4.24. The van der Waals surface area contributed by atoms with E-state index in [0.29, 0.717) is 13.1 Å². The summed E-state index contributed by atoms with van der Waals surface area (Å²) in [6.07, 6.45) is -0.809. The Balaban J connectivity index is 2.01. The van der Waals surface area contributed by atoms with Gasteiger partial charge in [0.05, 0.1) is 38.3 Å². The predicted molar refractivity (Wildman–Crippen MR) is 90.9 cm³/mol. The summed E-state index contributed by atoms with van der Waals surface area (Å²) in [6.45, 7) is 3.10. The Morgan fingerprint density at radius 3 is 2.44 bits per heavy atom. The molecule has 1 aromatic carbocycles. The zero-order valence-electron chi connectivity index (χ0n) is 14.0. The fourth-order valence-electron chi connectivity index (χ4n) is 2.69. The molecule has 0 bridgehead atoms. The molecule has 1 atom stereocenters. The lowest BCUT2D eigenvalue weighted by atomic mass is 10.2. The largest absolute Gasteiger partial charge is 0.453 e. The lowest BCUT2D eigenvalue weighted by molar-refractivity contribution is -0.917. The number of amides is 2. The van der Waals surface area contributed by atoms with Crippen molar-refractivity contribution in [3.63, 3.8) is 0 Å². The minimum absolute atomic E-state index is 0.0802. The Morgan fingerprint density at radius 2 is 1.88 bits per heavy atom. The molecule has 2 N–H and O–H groups in total. The maximum absolute atomic E-state index is 12.7. The first kappa shape index (κ1) is 19.6. The molecule has 0 radical (unpaired) electrons. The number of rotatable bonds is 4. The number of hydrogen-bond acceptors (Lipinski definition) is 5. The molecule has 1 heterocycles. The van der Waals surface area contributed by atoms with E-state index in [1.807, 2.05) is 0 Å². The number of alkyl carbamates (subject to hydrolysis) is 1. The highest BCUT2D eigenvalue weighted by Crippen LogP contribution is 2.24. The maximum atomic E-state index is 12.7. The quantitative estimate of drug-likeness (QED) is 0.722. The SMILES string of the molecule is COC(=O)NC(=O)[C@@H](C)[NH+]1CCN(S(=O)(=O)c2ccccc2Cl)CC1. The summed E-state index contributed by atoms with van der Waals surface area (Å²) in [4.78, 5) is 24.1. The fraction of sp³-hybridized carbons (Fsp3) is 0.467. The first-order valence-electron chi connectivity index (χ1n) is 7.75. The van der Waals surface area contributed by atoms with Gasteiger partial charge in [0.25, 0.3) is 5.91 Å². The molecule has 25 heavy (non-hydrogen) atoms. The zero-order chi connectivity index (χ0) is 18.6. The van der Waals surface area contributed by atoms with Crippen LogP contribution < -0.4 is 10.2 Å². The standard InChI is InChI=1S/C15H20ClN3O5S/c1-11(14(20)17-15(21)24-2)18-7-9-19(10-8-18)25(22,23)13-6-4-3-5-12(13)16/h3-6,11H,7-10H2,1-2H3,(H,17,20,21)/p+1/t11-/m1/s1. The van der Waals surface area contributed by atoms with Crippen LogP contribution in [0.15, 0.2) is 29.2 Å². The van der Waals surface area contributed by atoms with Gasteiger partial charge in [-0.15, -0.1) is 0 Å². The Labute approximate surface area is 151 Å². The first-order valence-corrected chi connectivity index (χ1v) is 9.57. The van der Waals surface area contributed by atoms with Gasteiger partial charge in [0, 0.05) is 0 Å². The summed E-state index contributed by atoms with van der Waals surface area (Å²) in [6, 6.07) is 5.81. The summed E-state index contributed by atoms with van der Waals surface area (Å²) < 4.78 is 31.2. The van der Waals surface area contributed by atoms with E-state index in [2.05, 4.69) is 10.1 Å². The molecule has 138 valence electrons. The molecule has 2 rings (SSSR count). The molecular formula is C15H21ClN3O5S+. The van der Waals surface area contributed by atoms with E-state index in [9.17, 15) is 18.0 Å². The Kier molecular flexibility index (Phi) is 6.39. The van der Waals surface area contributed by atoms with Gasteiger partial charge in [-0.3, -0.25) is 10.1 Å². The normalized spacial score (nSPS) is 17.7. The summed E-state index contributed by atoms with van der Waals surface area (Å²) >= 11 is 6.00. The van der Waals surface area contributed by atoms with E-state index in [4.69, 9.17) is 11.6 Å². The van der Waals surface area contributed by atoms with Gasteiger partial charge in [0.1, 0.15) is 4.90 Å². The third-order valence-corrected chi connectivity index (χ3v) is 6.63. The molecule has 1 aromatic rings. The first-order chi connectivity index (χ1) is 11.8. The maximum Gasteiger partial charge on any atom is 0.413 e. The van der Waals surface area contributed by atoms with Crippen LogP contribution in [-0.4, -0.2) is 64.1 Å². The van der Waals surface area contributed by atoms with Crippen molar-refractivity contribution < 1.29 is 27.6 Å². The van der Waals surface area contributed by atoms with E-state index >= 15 is 0 Å². The van der Waals surface area contributed by atoms with Crippen molar-refractivity contribution in [2.75, 3.05) is 33.3 Å².